The van der Waals surface area contributed by atoms with Crippen LogP contribution in [0.25, 0.3) is 10.8 Å². The van der Waals surface area contributed by atoms with Gasteiger partial charge in [-0.1, -0.05) is 12.1 Å². The van der Waals surface area contributed by atoms with Crippen molar-refractivity contribution in [2.75, 3.05) is 0 Å². The van der Waals surface area contributed by atoms with Crippen molar-refractivity contribution in [1.29, 1.82) is 0 Å². The molecule has 0 aromatic heterocycles. The van der Waals surface area contributed by atoms with Gasteiger partial charge in [0.15, 0.2) is 0 Å². The van der Waals surface area contributed by atoms with Gasteiger partial charge >= 0.3 is 58.7 Å². The third-order valence-corrected chi connectivity index (χ3v) is 2.04. The van der Waals surface area contributed by atoms with Crippen LogP contribution in [0.1, 0.15) is 0 Å². The molecule has 0 spiro atoms. The predicted molar refractivity (Wildman–Crippen MR) is 63.6 cm³/mol. The zero-order valence-corrected chi connectivity index (χ0v) is 7.79. The molecule has 0 saturated heterocycles. The second-order valence-corrected chi connectivity index (χ2v) is 3.14. The average Bonchev–Trinajstić information content (AvgIpc) is 2.17. The quantitative estimate of drug-likeness (QED) is 0.662. The van der Waals surface area contributed by atoms with Gasteiger partial charge in [-0.15, -0.1) is 0 Å². The number of fused-ring (bicyclic) bond motifs is 1. The fourth-order valence-electron chi connectivity index (χ4n) is 1.41. The molecular weight excluding hydrogens is 234 g/mol. The van der Waals surface area contributed by atoms with Crippen molar-refractivity contribution in [2.24, 2.45) is 0 Å². The standard InChI is InChI=1S/C10H9BO4.K.H/c12-9-3-1-8-6-10(15-11(13)14)4-2-7(8)5-9;;/h1-6,12-14H;;. The molecule has 0 saturated carbocycles. The van der Waals surface area contributed by atoms with E-state index >= 15 is 0 Å². The average molecular weight is 244 g/mol. The summed E-state index contributed by atoms with van der Waals surface area (Å²) in [5.74, 6) is 0.557. The van der Waals surface area contributed by atoms with E-state index in [0.29, 0.717) is 5.75 Å². The van der Waals surface area contributed by atoms with Crippen LogP contribution in [0, 0.1) is 0 Å². The number of aromatic hydroxyl groups is 1. The summed E-state index contributed by atoms with van der Waals surface area (Å²) in [4.78, 5) is 0. The Balaban J connectivity index is 0.00000128. The van der Waals surface area contributed by atoms with Crippen LogP contribution in [0.15, 0.2) is 36.4 Å². The van der Waals surface area contributed by atoms with Crippen LogP contribution in [-0.2, 0) is 0 Å². The molecule has 2 rings (SSSR count). The monoisotopic (exact) mass is 244 g/mol. The predicted octanol–water partition coefficient (Wildman–Crippen LogP) is 0.245. The molecule has 78 valence electrons. The van der Waals surface area contributed by atoms with E-state index in [9.17, 15) is 5.11 Å². The van der Waals surface area contributed by atoms with Gasteiger partial charge in [-0.2, -0.15) is 0 Å². The Morgan fingerprint density at radius 2 is 1.56 bits per heavy atom. The molecule has 3 N–H and O–H groups in total. The number of hydrogen-bond acceptors (Lipinski definition) is 4. The van der Waals surface area contributed by atoms with Gasteiger partial charge in [0, 0.05) is 0 Å². The van der Waals surface area contributed by atoms with Crippen molar-refractivity contribution in [2.45, 2.75) is 0 Å². The summed E-state index contributed by atoms with van der Waals surface area (Å²) in [7, 11) is -1.82. The van der Waals surface area contributed by atoms with Crippen LogP contribution in [-0.4, -0.2) is 73.9 Å². The molecule has 0 radical (unpaired) electrons. The zero-order valence-electron chi connectivity index (χ0n) is 7.79. The second kappa shape index (κ2) is 6.02. The van der Waals surface area contributed by atoms with E-state index in [1.54, 1.807) is 36.4 Å². The third-order valence-electron chi connectivity index (χ3n) is 2.04. The van der Waals surface area contributed by atoms with E-state index in [-0.39, 0.29) is 57.1 Å². The van der Waals surface area contributed by atoms with Crippen molar-refractivity contribution in [3.05, 3.63) is 36.4 Å². The van der Waals surface area contributed by atoms with Crippen LogP contribution >= 0.6 is 0 Å². The Morgan fingerprint density at radius 3 is 2.25 bits per heavy atom. The molecule has 2 aromatic carbocycles. The number of hydrogen-bond donors (Lipinski definition) is 3. The summed E-state index contributed by atoms with van der Waals surface area (Å²) < 4.78 is 4.70. The molecule has 0 heterocycles. The Labute approximate surface area is 135 Å². The summed E-state index contributed by atoms with van der Waals surface area (Å²) in [5, 5.41) is 28.2. The Hall–Kier alpha value is -0.0787. The van der Waals surface area contributed by atoms with Crippen molar-refractivity contribution in [3.8, 4) is 11.5 Å². The fourth-order valence-corrected chi connectivity index (χ4v) is 1.41. The first-order valence-electron chi connectivity index (χ1n) is 4.41. The molecule has 4 nitrogen and oxygen atoms in total. The van der Waals surface area contributed by atoms with E-state index in [1.165, 1.54) is 0 Å². The Morgan fingerprint density at radius 1 is 0.938 bits per heavy atom. The Kier molecular flexibility index (Phi) is 5.26. The van der Waals surface area contributed by atoms with Crippen LogP contribution in [0.2, 0.25) is 0 Å². The minimum absolute atomic E-state index is 0. The van der Waals surface area contributed by atoms with Crippen LogP contribution in [0.4, 0.5) is 0 Å². The van der Waals surface area contributed by atoms with E-state index < -0.39 is 7.32 Å². The molecule has 0 aliphatic carbocycles. The molecule has 0 aliphatic heterocycles. The summed E-state index contributed by atoms with van der Waals surface area (Å²) in [6.45, 7) is 0. The molecule has 0 atom stereocenters. The Bertz CT molecular complexity index is 489. The molecule has 0 fully saturated rings. The zero-order chi connectivity index (χ0) is 10.8. The molecule has 0 amide bonds. The SMILES string of the molecule is OB(O)Oc1ccc2cc(O)ccc2c1.[KH]. The van der Waals surface area contributed by atoms with Crippen molar-refractivity contribution in [1.82, 2.24) is 0 Å². The normalized spacial score (nSPS) is 9.62. The van der Waals surface area contributed by atoms with Crippen molar-refractivity contribution in [3.63, 3.8) is 0 Å². The first-order chi connectivity index (χ1) is 7.15. The second-order valence-electron chi connectivity index (χ2n) is 3.14. The molecular formula is C10H10BKO4. The summed E-state index contributed by atoms with van der Waals surface area (Å²) in [5.41, 5.74) is 0. The summed E-state index contributed by atoms with van der Waals surface area (Å²) in [6.07, 6.45) is 0. The maximum atomic E-state index is 9.23. The third kappa shape index (κ3) is 3.46. The van der Waals surface area contributed by atoms with Crippen LogP contribution in [0.3, 0.4) is 0 Å². The van der Waals surface area contributed by atoms with Gasteiger partial charge in [-0.25, -0.2) is 0 Å². The fraction of sp³-hybridized carbons (Fsp3) is 0. The van der Waals surface area contributed by atoms with Crippen molar-refractivity contribution < 1.29 is 19.8 Å². The first-order valence-corrected chi connectivity index (χ1v) is 4.41. The minimum atomic E-state index is -1.82. The van der Waals surface area contributed by atoms with Crippen molar-refractivity contribution >= 4 is 69.5 Å². The molecule has 0 unspecified atom stereocenters. The number of phenolic OH excluding ortho intramolecular Hbond substituents is 1. The summed E-state index contributed by atoms with van der Waals surface area (Å²) >= 11 is 0. The molecule has 0 aliphatic rings. The summed E-state index contributed by atoms with van der Waals surface area (Å²) in [6, 6.07) is 9.89. The van der Waals surface area contributed by atoms with Gasteiger partial charge in [-0.05, 0) is 35.0 Å². The maximum absolute atomic E-state index is 9.23. The van der Waals surface area contributed by atoms with Crippen LogP contribution in [0.5, 0.6) is 11.5 Å². The first kappa shape index (κ1) is 14.0. The number of benzene rings is 2. The van der Waals surface area contributed by atoms with Crippen LogP contribution < -0.4 is 4.65 Å². The number of phenols is 1. The van der Waals surface area contributed by atoms with Gasteiger partial charge < -0.3 is 19.8 Å². The van der Waals surface area contributed by atoms with Gasteiger partial charge in [0.25, 0.3) is 0 Å². The van der Waals surface area contributed by atoms with E-state index in [1.807, 2.05) is 0 Å². The van der Waals surface area contributed by atoms with E-state index in [4.69, 9.17) is 14.7 Å². The van der Waals surface area contributed by atoms with Gasteiger partial charge in [0.2, 0.25) is 0 Å². The number of rotatable bonds is 2. The molecule has 6 heteroatoms. The molecule has 16 heavy (non-hydrogen) atoms. The van der Waals surface area contributed by atoms with E-state index in [2.05, 4.69) is 0 Å². The van der Waals surface area contributed by atoms with Gasteiger partial charge in [-0.3, -0.25) is 0 Å². The topological polar surface area (TPSA) is 69.9 Å². The van der Waals surface area contributed by atoms with E-state index in [0.717, 1.165) is 10.8 Å². The van der Waals surface area contributed by atoms with Gasteiger partial charge in [0.05, 0.1) is 0 Å². The molecule has 2 aromatic rings. The van der Waals surface area contributed by atoms with Gasteiger partial charge in [0.1, 0.15) is 11.5 Å². The molecule has 0 bridgehead atoms.